The van der Waals surface area contributed by atoms with Crippen molar-refractivity contribution in [2.75, 3.05) is 14.2 Å². The molecule has 3 aromatic rings. The molecule has 1 heterocycles. The highest BCUT2D eigenvalue weighted by atomic mass is 16.5. The molecule has 1 aliphatic rings. The molecule has 1 fully saturated rings. The van der Waals surface area contributed by atoms with Crippen molar-refractivity contribution in [3.8, 4) is 11.5 Å². The third kappa shape index (κ3) is 4.54. The van der Waals surface area contributed by atoms with Crippen LogP contribution in [0.15, 0.2) is 42.5 Å². The molecule has 31 heavy (non-hydrogen) atoms. The molecule has 0 bridgehead atoms. The zero-order valence-corrected chi connectivity index (χ0v) is 18.2. The molecule has 1 aliphatic carbocycles. The highest BCUT2D eigenvalue weighted by Gasteiger charge is 2.24. The minimum Gasteiger partial charge on any atom is -0.497 e. The van der Waals surface area contributed by atoms with Crippen molar-refractivity contribution in [3.05, 3.63) is 59.3 Å². The van der Waals surface area contributed by atoms with Crippen LogP contribution in [0.5, 0.6) is 11.5 Å². The summed E-state index contributed by atoms with van der Waals surface area (Å²) in [5, 5.41) is 14.7. The average molecular weight is 423 g/mol. The molecule has 0 saturated heterocycles. The van der Waals surface area contributed by atoms with Gasteiger partial charge in [0, 0.05) is 36.1 Å². The molecule has 164 valence electrons. The summed E-state index contributed by atoms with van der Waals surface area (Å²) in [4.78, 5) is 12.4. The molecular formula is C25H30N2O4. The van der Waals surface area contributed by atoms with Crippen LogP contribution in [0.1, 0.15) is 53.7 Å². The van der Waals surface area contributed by atoms with E-state index in [0.29, 0.717) is 30.6 Å². The molecular weight excluding hydrogens is 392 g/mol. The summed E-state index contributed by atoms with van der Waals surface area (Å²) >= 11 is 0. The van der Waals surface area contributed by atoms with E-state index in [2.05, 4.69) is 5.32 Å². The summed E-state index contributed by atoms with van der Waals surface area (Å²) in [5.41, 5.74) is 3.05. The first-order valence-electron chi connectivity index (χ1n) is 10.9. The Hall–Kier alpha value is -2.99. The first-order chi connectivity index (χ1) is 15.1. The maximum atomic E-state index is 12.4. The number of carbonyl (C=O) groups is 1. The number of benzene rings is 2. The van der Waals surface area contributed by atoms with Gasteiger partial charge in [0.2, 0.25) is 0 Å². The number of methoxy groups -OCH3 is 2. The molecule has 6 heteroatoms. The molecule has 0 atom stereocenters. The van der Waals surface area contributed by atoms with E-state index < -0.39 is 5.97 Å². The number of nitrogens with zero attached hydrogens (tertiary/aromatic N) is 1. The lowest BCUT2D eigenvalue weighted by Crippen LogP contribution is -2.31. The molecule has 1 aromatic heterocycles. The second-order valence-electron chi connectivity index (χ2n) is 8.17. The minimum atomic E-state index is -0.913. The lowest BCUT2D eigenvalue weighted by atomic mass is 9.95. The predicted octanol–water partition coefficient (Wildman–Crippen LogP) is 4.83. The Morgan fingerprint density at radius 3 is 2.35 bits per heavy atom. The number of aromatic nitrogens is 1. The number of aromatic carboxylic acids is 1. The van der Waals surface area contributed by atoms with Crippen LogP contribution in [0.3, 0.4) is 0 Å². The SMILES string of the molecule is COc1ccc(Cn2c(C(=O)O)c(CNC3CCCCC3)c3ccc(OC)cc32)cc1. The van der Waals surface area contributed by atoms with Gasteiger partial charge in [-0.05, 0) is 42.7 Å². The molecule has 0 unspecified atom stereocenters. The van der Waals surface area contributed by atoms with Gasteiger partial charge in [-0.15, -0.1) is 0 Å². The van der Waals surface area contributed by atoms with Gasteiger partial charge in [0.25, 0.3) is 0 Å². The molecule has 0 amide bonds. The van der Waals surface area contributed by atoms with Crippen molar-refractivity contribution in [2.24, 2.45) is 0 Å². The van der Waals surface area contributed by atoms with Crippen molar-refractivity contribution >= 4 is 16.9 Å². The number of nitrogens with one attached hydrogen (secondary N) is 1. The molecule has 4 rings (SSSR count). The van der Waals surface area contributed by atoms with Gasteiger partial charge in [-0.25, -0.2) is 4.79 Å². The lowest BCUT2D eigenvalue weighted by molar-refractivity contribution is 0.0684. The van der Waals surface area contributed by atoms with Gasteiger partial charge in [0.05, 0.1) is 19.7 Å². The molecule has 0 spiro atoms. The second-order valence-corrected chi connectivity index (χ2v) is 8.17. The lowest BCUT2D eigenvalue weighted by Gasteiger charge is -2.23. The van der Waals surface area contributed by atoms with Gasteiger partial charge in [-0.3, -0.25) is 0 Å². The minimum absolute atomic E-state index is 0.336. The zero-order chi connectivity index (χ0) is 21.8. The van der Waals surface area contributed by atoms with Crippen molar-refractivity contribution in [1.29, 1.82) is 0 Å². The number of carboxylic acids is 1. The molecule has 2 aromatic carbocycles. The summed E-state index contributed by atoms with van der Waals surface area (Å²) in [6.45, 7) is 1.00. The second kappa shape index (κ2) is 9.43. The van der Waals surface area contributed by atoms with E-state index in [0.717, 1.165) is 40.6 Å². The van der Waals surface area contributed by atoms with E-state index in [1.54, 1.807) is 14.2 Å². The maximum Gasteiger partial charge on any atom is 0.352 e. The highest BCUT2D eigenvalue weighted by molar-refractivity contribution is 5.98. The fourth-order valence-electron chi connectivity index (χ4n) is 4.58. The Balaban J connectivity index is 1.75. The van der Waals surface area contributed by atoms with E-state index in [9.17, 15) is 9.90 Å². The Bertz CT molecular complexity index is 1050. The third-order valence-corrected chi connectivity index (χ3v) is 6.25. The van der Waals surface area contributed by atoms with E-state index in [1.165, 1.54) is 19.3 Å². The highest BCUT2D eigenvalue weighted by Crippen LogP contribution is 2.31. The molecule has 6 nitrogen and oxygen atoms in total. The first-order valence-corrected chi connectivity index (χ1v) is 10.9. The van der Waals surface area contributed by atoms with Gasteiger partial charge >= 0.3 is 5.97 Å². The monoisotopic (exact) mass is 422 g/mol. The number of hydrogen-bond donors (Lipinski definition) is 2. The standard InChI is InChI=1S/C25H30N2O4/c1-30-19-10-8-17(9-11-19)16-27-23-14-20(31-2)12-13-21(23)22(24(27)25(28)29)15-26-18-6-4-3-5-7-18/h8-14,18,26H,3-7,15-16H2,1-2H3,(H,28,29). The number of hydrogen-bond acceptors (Lipinski definition) is 4. The van der Waals surface area contributed by atoms with Crippen LogP contribution < -0.4 is 14.8 Å². The summed E-state index contributed by atoms with van der Waals surface area (Å²) < 4.78 is 12.6. The summed E-state index contributed by atoms with van der Waals surface area (Å²) in [6, 6.07) is 14.0. The molecule has 0 radical (unpaired) electrons. The van der Waals surface area contributed by atoms with E-state index in [-0.39, 0.29) is 0 Å². The number of carboxylic acid groups (broad SMARTS) is 1. The molecule has 0 aliphatic heterocycles. The van der Waals surface area contributed by atoms with E-state index >= 15 is 0 Å². The Morgan fingerprint density at radius 2 is 1.71 bits per heavy atom. The first kappa shape index (κ1) is 21.2. The zero-order valence-electron chi connectivity index (χ0n) is 18.2. The quantitative estimate of drug-likeness (QED) is 0.544. The van der Waals surface area contributed by atoms with Crippen LogP contribution in [0.2, 0.25) is 0 Å². The number of ether oxygens (including phenoxy) is 2. The fourth-order valence-corrected chi connectivity index (χ4v) is 4.58. The van der Waals surface area contributed by atoms with Crippen molar-refractivity contribution < 1.29 is 19.4 Å². The topological polar surface area (TPSA) is 72.7 Å². The van der Waals surface area contributed by atoms with Crippen LogP contribution in [-0.2, 0) is 13.1 Å². The van der Waals surface area contributed by atoms with Crippen LogP contribution >= 0.6 is 0 Å². The van der Waals surface area contributed by atoms with Gasteiger partial charge in [-0.2, -0.15) is 0 Å². The Morgan fingerprint density at radius 1 is 1.03 bits per heavy atom. The normalized spacial score (nSPS) is 14.6. The van der Waals surface area contributed by atoms with E-state index in [4.69, 9.17) is 9.47 Å². The summed E-state index contributed by atoms with van der Waals surface area (Å²) in [5.74, 6) is 0.576. The maximum absolute atomic E-state index is 12.4. The van der Waals surface area contributed by atoms with Gasteiger partial charge in [0.15, 0.2) is 0 Å². The van der Waals surface area contributed by atoms with Crippen LogP contribution in [-0.4, -0.2) is 35.9 Å². The Kier molecular flexibility index (Phi) is 6.47. The van der Waals surface area contributed by atoms with Crippen LogP contribution in [0.25, 0.3) is 10.9 Å². The summed E-state index contributed by atoms with van der Waals surface area (Å²) in [7, 11) is 3.26. The predicted molar refractivity (Wildman–Crippen MR) is 121 cm³/mol. The van der Waals surface area contributed by atoms with Crippen molar-refractivity contribution in [3.63, 3.8) is 0 Å². The fraction of sp³-hybridized carbons (Fsp3) is 0.400. The van der Waals surface area contributed by atoms with Crippen LogP contribution in [0.4, 0.5) is 0 Å². The largest absolute Gasteiger partial charge is 0.497 e. The third-order valence-electron chi connectivity index (χ3n) is 6.25. The smallest absolute Gasteiger partial charge is 0.352 e. The average Bonchev–Trinajstić information content (AvgIpc) is 3.11. The Labute approximate surface area is 182 Å². The van der Waals surface area contributed by atoms with Gasteiger partial charge in [0.1, 0.15) is 17.2 Å². The van der Waals surface area contributed by atoms with Gasteiger partial charge in [-0.1, -0.05) is 31.4 Å². The van der Waals surface area contributed by atoms with Gasteiger partial charge < -0.3 is 24.5 Å². The van der Waals surface area contributed by atoms with Crippen molar-refractivity contribution in [1.82, 2.24) is 9.88 Å². The van der Waals surface area contributed by atoms with Crippen LogP contribution in [0, 0.1) is 0 Å². The summed E-state index contributed by atoms with van der Waals surface area (Å²) in [6.07, 6.45) is 6.07. The molecule has 2 N–H and O–H groups in total. The van der Waals surface area contributed by atoms with E-state index in [1.807, 2.05) is 47.0 Å². The number of rotatable bonds is 8. The molecule has 1 saturated carbocycles. The van der Waals surface area contributed by atoms with Crippen molar-refractivity contribution in [2.45, 2.75) is 51.2 Å². The number of fused-ring (bicyclic) bond motifs is 1.